The molecule has 1 N–H and O–H groups in total. The van der Waals surface area contributed by atoms with Gasteiger partial charge in [0, 0.05) is 11.3 Å². The number of hydrogen-bond donors (Lipinski definition) is 1. The maximum Gasteiger partial charge on any atom is 0.278 e. The number of carbonyl (C=O) groups is 2. The molecule has 1 aliphatic heterocycles. The number of carbonyl (C=O) groups excluding carboxylic acids is 2. The summed E-state index contributed by atoms with van der Waals surface area (Å²) in [6, 6.07) is 19.2. The van der Waals surface area contributed by atoms with Crippen molar-refractivity contribution in [3.8, 4) is 0 Å². The summed E-state index contributed by atoms with van der Waals surface area (Å²) in [5.74, 6) is -0.517. The molecule has 2 amide bonds. The molecule has 156 valence electrons. The number of nitrogens with zero attached hydrogens (tertiary/aromatic N) is 2. The molecule has 31 heavy (non-hydrogen) atoms. The van der Waals surface area contributed by atoms with Crippen molar-refractivity contribution in [1.29, 1.82) is 0 Å². The van der Waals surface area contributed by atoms with Crippen molar-refractivity contribution in [2.45, 2.75) is 27.7 Å². The van der Waals surface area contributed by atoms with Crippen LogP contribution in [0.15, 0.2) is 65.7 Å². The number of hydrogen-bond acceptors (Lipinski definition) is 3. The highest BCUT2D eigenvalue weighted by molar-refractivity contribution is 6.55. The van der Waals surface area contributed by atoms with E-state index in [1.54, 1.807) is 0 Å². The summed E-state index contributed by atoms with van der Waals surface area (Å²) < 4.78 is 0. The van der Waals surface area contributed by atoms with Crippen molar-refractivity contribution in [1.82, 2.24) is 0 Å². The number of aryl methyl sites for hydroxylation is 4. The molecule has 0 saturated carbocycles. The van der Waals surface area contributed by atoms with Gasteiger partial charge in [0.25, 0.3) is 5.91 Å². The summed E-state index contributed by atoms with van der Waals surface area (Å²) in [6.45, 7) is 7.92. The number of fused-ring (bicyclic) bond motifs is 1. The van der Waals surface area contributed by atoms with Crippen LogP contribution in [-0.4, -0.2) is 24.1 Å². The Morgan fingerprint density at radius 1 is 0.903 bits per heavy atom. The third-order valence-corrected chi connectivity index (χ3v) is 5.59. The molecule has 0 aliphatic carbocycles. The normalized spacial score (nSPS) is 14.1. The maximum atomic E-state index is 13.3. The predicted octanol–water partition coefficient (Wildman–Crippen LogP) is 5.03. The Labute approximate surface area is 182 Å². The monoisotopic (exact) mass is 411 g/mol. The molecule has 0 saturated heterocycles. The first-order valence-electron chi connectivity index (χ1n) is 10.3. The van der Waals surface area contributed by atoms with Crippen LogP contribution in [0.5, 0.6) is 0 Å². The highest BCUT2D eigenvalue weighted by Crippen LogP contribution is 2.31. The van der Waals surface area contributed by atoms with Crippen LogP contribution in [0.2, 0.25) is 0 Å². The molecule has 1 heterocycles. The predicted molar refractivity (Wildman–Crippen MR) is 125 cm³/mol. The fourth-order valence-corrected chi connectivity index (χ4v) is 3.65. The van der Waals surface area contributed by atoms with Crippen LogP contribution in [0.25, 0.3) is 0 Å². The Hall–Kier alpha value is -3.73. The van der Waals surface area contributed by atoms with E-state index in [1.807, 2.05) is 88.4 Å². The fourth-order valence-electron chi connectivity index (χ4n) is 3.65. The average Bonchev–Trinajstić information content (AvgIpc) is 2.99. The first-order chi connectivity index (χ1) is 14.8. The van der Waals surface area contributed by atoms with Crippen LogP contribution in [0.3, 0.4) is 0 Å². The number of aliphatic imine (C=N–C) groups is 1. The SMILES string of the molecule is Cc1ccc(C)c(N=C2C(=O)N(CC(=O)Nc3ccc(C)c(C)c3)c3ccccc32)c1. The molecule has 0 aromatic heterocycles. The van der Waals surface area contributed by atoms with Gasteiger partial charge >= 0.3 is 0 Å². The Kier molecular flexibility index (Phi) is 5.42. The Morgan fingerprint density at radius 3 is 2.42 bits per heavy atom. The molecule has 1 aliphatic rings. The summed E-state index contributed by atoms with van der Waals surface area (Å²) in [5, 5.41) is 2.90. The van der Waals surface area contributed by atoms with E-state index in [2.05, 4.69) is 5.32 Å². The molecule has 3 aromatic carbocycles. The minimum atomic E-state index is -0.266. The molecule has 0 unspecified atom stereocenters. The van der Waals surface area contributed by atoms with Crippen LogP contribution in [-0.2, 0) is 9.59 Å². The number of rotatable bonds is 4. The first kappa shape index (κ1) is 20.5. The third-order valence-electron chi connectivity index (χ3n) is 5.59. The highest BCUT2D eigenvalue weighted by Gasteiger charge is 2.35. The minimum absolute atomic E-state index is 0.0748. The molecule has 0 fully saturated rings. The van der Waals surface area contributed by atoms with Crippen molar-refractivity contribution >= 4 is 34.6 Å². The van der Waals surface area contributed by atoms with E-state index in [1.165, 1.54) is 4.90 Å². The van der Waals surface area contributed by atoms with E-state index in [0.29, 0.717) is 11.4 Å². The summed E-state index contributed by atoms with van der Waals surface area (Å²) in [5.41, 5.74) is 7.62. The first-order valence-corrected chi connectivity index (χ1v) is 10.3. The molecular formula is C26H25N3O2. The van der Waals surface area contributed by atoms with Crippen molar-refractivity contribution in [3.05, 3.63) is 88.5 Å². The van der Waals surface area contributed by atoms with E-state index >= 15 is 0 Å². The van der Waals surface area contributed by atoms with E-state index in [4.69, 9.17) is 4.99 Å². The van der Waals surface area contributed by atoms with Gasteiger partial charge in [-0.05, 0) is 74.2 Å². The van der Waals surface area contributed by atoms with Gasteiger partial charge in [0.2, 0.25) is 5.91 Å². The second-order valence-corrected chi connectivity index (χ2v) is 8.01. The van der Waals surface area contributed by atoms with Crippen LogP contribution in [0.1, 0.15) is 27.8 Å². The van der Waals surface area contributed by atoms with Crippen LogP contribution < -0.4 is 10.2 Å². The zero-order chi connectivity index (χ0) is 22.1. The summed E-state index contributed by atoms with van der Waals surface area (Å²) in [7, 11) is 0. The maximum absolute atomic E-state index is 13.3. The van der Waals surface area contributed by atoms with Crippen molar-refractivity contribution in [2.24, 2.45) is 4.99 Å². The van der Waals surface area contributed by atoms with Crippen molar-refractivity contribution < 1.29 is 9.59 Å². The van der Waals surface area contributed by atoms with Gasteiger partial charge in [0.1, 0.15) is 12.3 Å². The van der Waals surface area contributed by atoms with Gasteiger partial charge in [-0.2, -0.15) is 0 Å². The Balaban J connectivity index is 1.62. The van der Waals surface area contributed by atoms with E-state index in [0.717, 1.165) is 39.2 Å². The lowest BCUT2D eigenvalue weighted by molar-refractivity contribution is -0.118. The van der Waals surface area contributed by atoms with Gasteiger partial charge < -0.3 is 5.32 Å². The fraction of sp³-hybridized carbons (Fsp3) is 0.192. The van der Waals surface area contributed by atoms with Crippen molar-refractivity contribution in [3.63, 3.8) is 0 Å². The van der Waals surface area contributed by atoms with Gasteiger partial charge in [-0.25, -0.2) is 4.99 Å². The quantitative estimate of drug-likeness (QED) is 0.655. The number of benzene rings is 3. The minimum Gasteiger partial charge on any atom is -0.325 e. The topological polar surface area (TPSA) is 61.8 Å². The number of amides is 2. The lowest BCUT2D eigenvalue weighted by Gasteiger charge is -2.16. The van der Waals surface area contributed by atoms with E-state index in [9.17, 15) is 9.59 Å². The Bertz CT molecular complexity index is 1230. The smallest absolute Gasteiger partial charge is 0.278 e. The largest absolute Gasteiger partial charge is 0.325 e. The standard InChI is InChI=1S/C26H25N3O2/c1-16-9-10-18(3)22(13-16)28-25-21-7-5-6-8-23(21)29(26(25)31)15-24(30)27-20-12-11-17(2)19(4)14-20/h5-14H,15H2,1-4H3,(H,27,30). The lowest BCUT2D eigenvalue weighted by Crippen LogP contribution is -2.37. The van der Waals surface area contributed by atoms with Gasteiger partial charge in [0.15, 0.2) is 0 Å². The molecule has 0 bridgehead atoms. The van der Waals surface area contributed by atoms with E-state index < -0.39 is 0 Å². The zero-order valence-corrected chi connectivity index (χ0v) is 18.2. The molecule has 0 spiro atoms. The van der Waals surface area contributed by atoms with Crippen LogP contribution in [0, 0.1) is 27.7 Å². The molecule has 3 aromatic rings. The van der Waals surface area contributed by atoms with Crippen LogP contribution in [0.4, 0.5) is 17.1 Å². The highest BCUT2D eigenvalue weighted by atomic mass is 16.2. The molecule has 5 heteroatoms. The molecule has 0 radical (unpaired) electrons. The molecular weight excluding hydrogens is 386 g/mol. The second kappa shape index (κ2) is 8.19. The molecule has 0 atom stereocenters. The average molecular weight is 412 g/mol. The summed E-state index contributed by atoms with van der Waals surface area (Å²) >= 11 is 0. The number of anilines is 2. The lowest BCUT2D eigenvalue weighted by atomic mass is 10.1. The van der Waals surface area contributed by atoms with E-state index in [-0.39, 0.29) is 18.4 Å². The van der Waals surface area contributed by atoms with Gasteiger partial charge in [-0.3, -0.25) is 14.5 Å². The van der Waals surface area contributed by atoms with Gasteiger partial charge in [-0.15, -0.1) is 0 Å². The number of para-hydroxylation sites is 1. The molecule has 5 nitrogen and oxygen atoms in total. The summed E-state index contributed by atoms with van der Waals surface area (Å²) in [4.78, 5) is 32.2. The number of nitrogens with one attached hydrogen (secondary N) is 1. The zero-order valence-electron chi connectivity index (χ0n) is 18.2. The summed E-state index contributed by atoms with van der Waals surface area (Å²) in [6.07, 6.45) is 0. The molecule has 4 rings (SSSR count). The Morgan fingerprint density at radius 2 is 1.65 bits per heavy atom. The van der Waals surface area contributed by atoms with Gasteiger partial charge in [-0.1, -0.05) is 36.4 Å². The third kappa shape index (κ3) is 4.12. The second-order valence-electron chi connectivity index (χ2n) is 8.01. The van der Waals surface area contributed by atoms with Gasteiger partial charge in [0.05, 0.1) is 11.4 Å². The van der Waals surface area contributed by atoms with Crippen molar-refractivity contribution in [2.75, 3.05) is 16.8 Å². The van der Waals surface area contributed by atoms with Crippen LogP contribution >= 0.6 is 0 Å².